The topological polar surface area (TPSA) is 70.2 Å². The zero-order valence-electron chi connectivity index (χ0n) is 7.46. The molecule has 72 valence electrons. The number of nitrogens with one attached hydrogen (secondary N) is 3. The molecule has 0 bridgehead atoms. The number of carbonyl (C=O) groups is 2. The summed E-state index contributed by atoms with van der Waals surface area (Å²) < 4.78 is 0. The molecule has 1 aliphatic carbocycles. The van der Waals surface area contributed by atoms with Crippen LogP contribution in [0.15, 0.2) is 12.2 Å². The van der Waals surface area contributed by atoms with Crippen molar-refractivity contribution >= 4 is 11.9 Å². The van der Waals surface area contributed by atoms with Gasteiger partial charge in [-0.25, -0.2) is 10.2 Å². The first-order chi connectivity index (χ1) is 6.22. The molecule has 1 saturated carbocycles. The van der Waals surface area contributed by atoms with Gasteiger partial charge in [0.15, 0.2) is 0 Å². The molecule has 0 saturated heterocycles. The van der Waals surface area contributed by atoms with Crippen LogP contribution in [-0.4, -0.2) is 19.0 Å². The summed E-state index contributed by atoms with van der Waals surface area (Å²) in [4.78, 5) is 21.6. The maximum Gasteiger partial charge on any atom is 0.333 e. The van der Waals surface area contributed by atoms with E-state index in [2.05, 4.69) is 16.2 Å². The highest BCUT2D eigenvalue weighted by Gasteiger charge is 2.17. The van der Waals surface area contributed by atoms with Gasteiger partial charge in [0.2, 0.25) is 0 Å². The largest absolute Gasteiger partial charge is 0.340 e. The van der Waals surface area contributed by atoms with E-state index in [-0.39, 0.29) is 5.91 Å². The Hall–Kier alpha value is -1.52. The maximum absolute atomic E-state index is 11.0. The van der Waals surface area contributed by atoms with E-state index in [0.717, 1.165) is 12.8 Å². The van der Waals surface area contributed by atoms with Crippen molar-refractivity contribution in [1.82, 2.24) is 16.2 Å². The summed E-state index contributed by atoms with van der Waals surface area (Å²) in [7, 11) is 1.47. The summed E-state index contributed by atoms with van der Waals surface area (Å²) in [6, 6.07) is -0.437. The molecule has 1 fully saturated rings. The first-order valence-corrected chi connectivity index (χ1v) is 4.18. The molecule has 3 N–H and O–H groups in total. The molecule has 0 unspecified atom stereocenters. The summed E-state index contributed by atoms with van der Waals surface area (Å²) in [5.41, 5.74) is 4.40. The second kappa shape index (κ2) is 4.49. The maximum atomic E-state index is 11.0. The van der Waals surface area contributed by atoms with Crippen molar-refractivity contribution in [2.24, 2.45) is 5.92 Å². The Bertz CT molecular complexity index is 234. The molecule has 0 aromatic heterocycles. The molecule has 3 amide bonds. The smallest absolute Gasteiger partial charge is 0.333 e. The van der Waals surface area contributed by atoms with Crippen molar-refractivity contribution in [1.29, 1.82) is 0 Å². The van der Waals surface area contributed by atoms with Crippen LogP contribution in [0.4, 0.5) is 4.79 Å². The molecule has 1 aliphatic rings. The van der Waals surface area contributed by atoms with E-state index in [0.29, 0.717) is 5.92 Å². The van der Waals surface area contributed by atoms with E-state index < -0.39 is 6.03 Å². The highest BCUT2D eigenvalue weighted by atomic mass is 16.2. The van der Waals surface area contributed by atoms with Crippen molar-refractivity contribution < 1.29 is 9.59 Å². The van der Waals surface area contributed by atoms with Gasteiger partial charge < -0.3 is 5.32 Å². The molecule has 5 nitrogen and oxygen atoms in total. The summed E-state index contributed by atoms with van der Waals surface area (Å²) >= 11 is 0. The quantitative estimate of drug-likeness (QED) is 0.413. The Balaban J connectivity index is 2.13. The standard InChI is InChI=1S/C8H13N3O2/c1-9-8(13)11-10-7(12)5-4-6-2-3-6/h4-6H,2-3H2,1H3,(H,10,12)(H2,9,11,13)/b5-4+. The van der Waals surface area contributed by atoms with E-state index >= 15 is 0 Å². The van der Waals surface area contributed by atoms with Crippen LogP contribution in [0, 0.1) is 5.92 Å². The molecule has 5 heteroatoms. The second-order valence-corrected chi connectivity index (χ2v) is 2.89. The van der Waals surface area contributed by atoms with Crippen molar-refractivity contribution in [2.45, 2.75) is 12.8 Å². The second-order valence-electron chi connectivity index (χ2n) is 2.89. The van der Waals surface area contributed by atoms with Crippen molar-refractivity contribution in [2.75, 3.05) is 7.05 Å². The number of hydrogen-bond acceptors (Lipinski definition) is 2. The van der Waals surface area contributed by atoms with Crippen LogP contribution in [-0.2, 0) is 4.79 Å². The van der Waals surface area contributed by atoms with Crippen LogP contribution < -0.4 is 16.2 Å². The molecule has 13 heavy (non-hydrogen) atoms. The van der Waals surface area contributed by atoms with E-state index in [9.17, 15) is 9.59 Å². The van der Waals surface area contributed by atoms with Gasteiger partial charge in [-0.1, -0.05) is 6.08 Å². The van der Waals surface area contributed by atoms with Crippen molar-refractivity contribution in [3.63, 3.8) is 0 Å². The van der Waals surface area contributed by atoms with Gasteiger partial charge in [0.25, 0.3) is 5.91 Å². The van der Waals surface area contributed by atoms with Gasteiger partial charge in [0, 0.05) is 13.1 Å². The minimum absolute atomic E-state index is 0.310. The van der Waals surface area contributed by atoms with Gasteiger partial charge in [0.1, 0.15) is 0 Å². The third-order valence-corrected chi connectivity index (χ3v) is 1.67. The summed E-state index contributed by atoms with van der Waals surface area (Å²) in [6.45, 7) is 0. The average molecular weight is 183 g/mol. The number of hydrazine groups is 1. The Morgan fingerprint density at radius 3 is 2.54 bits per heavy atom. The lowest BCUT2D eigenvalue weighted by molar-refractivity contribution is -0.117. The normalized spacial score (nSPS) is 15.5. The van der Waals surface area contributed by atoms with Gasteiger partial charge in [-0.2, -0.15) is 0 Å². The Morgan fingerprint density at radius 1 is 1.31 bits per heavy atom. The van der Waals surface area contributed by atoms with E-state index in [1.165, 1.54) is 13.1 Å². The first-order valence-electron chi connectivity index (χ1n) is 4.18. The molecule has 0 radical (unpaired) electrons. The molecule has 0 atom stereocenters. The van der Waals surface area contributed by atoms with E-state index in [1.54, 1.807) is 0 Å². The van der Waals surface area contributed by atoms with Gasteiger partial charge >= 0.3 is 6.03 Å². The van der Waals surface area contributed by atoms with Crippen LogP contribution in [0.1, 0.15) is 12.8 Å². The lowest BCUT2D eigenvalue weighted by Crippen LogP contribution is -2.45. The predicted octanol–water partition coefficient (Wildman–Crippen LogP) is -0.0872. The fourth-order valence-electron chi connectivity index (χ4n) is 0.735. The number of amides is 3. The Labute approximate surface area is 76.5 Å². The van der Waals surface area contributed by atoms with Gasteiger partial charge in [-0.15, -0.1) is 0 Å². The third-order valence-electron chi connectivity index (χ3n) is 1.67. The van der Waals surface area contributed by atoms with E-state index in [1.807, 2.05) is 6.08 Å². The van der Waals surface area contributed by atoms with Gasteiger partial charge in [-0.3, -0.25) is 10.2 Å². The predicted molar refractivity (Wildman–Crippen MR) is 47.6 cm³/mol. The number of rotatable bonds is 2. The van der Waals surface area contributed by atoms with Crippen LogP contribution in [0.3, 0.4) is 0 Å². The molecule has 1 rings (SSSR count). The Morgan fingerprint density at radius 2 is 2.00 bits per heavy atom. The van der Waals surface area contributed by atoms with Crippen LogP contribution in [0.5, 0.6) is 0 Å². The lowest BCUT2D eigenvalue weighted by atomic mass is 10.3. The molecule has 0 heterocycles. The molecule has 0 aromatic rings. The fourth-order valence-corrected chi connectivity index (χ4v) is 0.735. The SMILES string of the molecule is CNC(=O)NNC(=O)/C=C/C1CC1. The lowest BCUT2D eigenvalue weighted by Gasteiger charge is -2.02. The van der Waals surface area contributed by atoms with Gasteiger partial charge in [-0.05, 0) is 18.8 Å². The molecule has 0 aliphatic heterocycles. The van der Waals surface area contributed by atoms with E-state index in [4.69, 9.17) is 0 Å². The molecule has 0 aromatic carbocycles. The molecule has 0 spiro atoms. The van der Waals surface area contributed by atoms with Crippen molar-refractivity contribution in [3.05, 3.63) is 12.2 Å². The average Bonchev–Trinajstić information content (AvgIpc) is 2.94. The van der Waals surface area contributed by atoms with Crippen LogP contribution in [0.25, 0.3) is 0 Å². The number of allylic oxidation sites excluding steroid dienone is 1. The number of hydrogen-bond donors (Lipinski definition) is 3. The monoisotopic (exact) mass is 183 g/mol. The number of urea groups is 1. The highest BCUT2D eigenvalue weighted by molar-refractivity contribution is 5.89. The van der Waals surface area contributed by atoms with Crippen molar-refractivity contribution in [3.8, 4) is 0 Å². The minimum atomic E-state index is -0.437. The zero-order chi connectivity index (χ0) is 9.68. The van der Waals surface area contributed by atoms with Gasteiger partial charge in [0.05, 0.1) is 0 Å². The summed E-state index contributed by atoms with van der Waals surface area (Å²) in [5.74, 6) is 0.251. The highest BCUT2D eigenvalue weighted by Crippen LogP contribution is 2.29. The summed E-state index contributed by atoms with van der Waals surface area (Å²) in [6.07, 6.45) is 5.60. The third kappa shape index (κ3) is 4.15. The van der Waals surface area contributed by atoms with Crippen LogP contribution in [0.2, 0.25) is 0 Å². The Kier molecular flexibility index (Phi) is 3.31. The summed E-state index contributed by atoms with van der Waals surface area (Å²) in [5, 5.41) is 2.31. The molecular weight excluding hydrogens is 170 g/mol. The first kappa shape index (κ1) is 9.57. The molecular formula is C8H13N3O2. The zero-order valence-corrected chi connectivity index (χ0v) is 7.46. The fraction of sp³-hybridized carbons (Fsp3) is 0.500. The van der Waals surface area contributed by atoms with Crippen LogP contribution >= 0.6 is 0 Å². The minimum Gasteiger partial charge on any atom is -0.340 e. The number of carbonyl (C=O) groups excluding carboxylic acids is 2.